The molecule has 2 N–H and O–H groups in total. The van der Waals surface area contributed by atoms with Gasteiger partial charge in [-0.15, -0.1) is 0 Å². The Labute approximate surface area is 96.3 Å². The molecule has 0 aliphatic heterocycles. The zero-order chi connectivity index (χ0) is 12.1. The number of nitrogens with zero attached hydrogens (tertiary/aromatic N) is 1. The van der Waals surface area contributed by atoms with E-state index in [1.807, 2.05) is 49.9 Å². The van der Waals surface area contributed by atoms with Crippen LogP contribution < -0.4 is 5.32 Å². The third-order valence-corrected chi connectivity index (χ3v) is 2.78. The van der Waals surface area contributed by atoms with Crippen molar-refractivity contribution in [3.63, 3.8) is 0 Å². The Morgan fingerprint density at radius 3 is 2.31 bits per heavy atom. The van der Waals surface area contributed by atoms with Crippen molar-refractivity contribution in [2.75, 3.05) is 6.61 Å². The summed E-state index contributed by atoms with van der Waals surface area (Å²) in [7, 11) is 0. The van der Waals surface area contributed by atoms with Crippen molar-refractivity contribution < 1.29 is 9.90 Å². The first-order valence-electron chi connectivity index (χ1n) is 5.60. The molecule has 0 fully saturated rings. The summed E-state index contributed by atoms with van der Waals surface area (Å²) in [6.07, 6.45) is 3.71. The van der Waals surface area contributed by atoms with Crippen molar-refractivity contribution in [2.45, 2.75) is 32.9 Å². The van der Waals surface area contributed by atoms with Crippen molar-refractivity contribution in [3.05, 3.63) is 24.5 Å². The van der Waals surface area contributed by atoms with Crippen LogP contribution in [0.3, 0.4) is 0 Å². The third kappa shape index (κ3) is 3.10. The lowest BCUT2D eigenvalue weighted by Crippen LogP contribution is -2.43. The Bertz CT molecular complexity index is 320. The van der Waals surface area contributed by atoms with Gasteiger partial charge in [0.25, 0.3) is 0 Å². The lowest BCUT2D eigenvalue weighted by Gasteiger charge is -2.22. The number of hydrogen-bond acceptors (Lipinski definition) is 2. The second-order valence-electron chi connectivity index (χ2n) is 4.35. The van der Waals surface area contributed by atoms with E-state index in [0.717, 1.165) is 0 Å². The maximum absolute atomic E-state index is 11.9. The standard InChI is InChI=1S/C12H20N2O2/c1-9(2)11(8-15)13-12(16)10(3)14-6-4-5-7-14/h4-7,9-11,15H,8H2,1-3H3,(H,13,16)/t10-,11+/m0/s1. The molecule has 0 bridgehead atoms. The molecule has 16 heavy (non-hydrogen) atoms. The summed E-state index contributed by atoms with van der Waals surface area (Å²) in [6.45, 7) is 5.76. The van der Waals surface area contributed by atoms with E-state index in [9.17, 15) is 4.79 Å². The van der Waals surface area contributed by atoms with Crippen LogP contribution in [0.1, 0.15) is 26.8 Å². The van der Waals surface area contributed by atoms with E-state index in [4.69, 9.17) is 5.11 Å². The van der Waals surface area contributed by atoms with Gasteiger partial charge in [-0.1, -0.05) is 13.8 Å². The number of carbonyl (C=O) groups is 1. The number of aliphatic hydroxyl groups excluding tert-OH is 1. The molecule has 4 heteroatoms. The van der Waals surface area contributed by atoms with Gasteiger partial charge in [0, 0.05) is 12.4 Å². The Hall–Kier alpha value is -1.29. The number of carbonyl (C=O) groups excluding carboxylic acids is 1. The summed E-state index contributed by atoms with van der Waals surface area (Å²) in [5.41, 5.74) is 0. The van der Waals surface area contributed by atoms with E-state index < -0.39 is 0 Å². The molecule has 0 aliphatic rings. The van der Waals surface area contributed by atoms with Crippen molar-refractivity contribution in [1.82, 2.24) is 9.88 Å². The van der Waals surface area contributed by atoms with Gasteiger partial charge in [-0.3, -0.25) is 4.79 Å². The second-order valence-corrected chi connectivity index (χ2v) is 4.35. The fraction of sp³-hybridized carbons (Fsp3) is 0.583. The van der Waals surface area contributed by atoms with Gasteiger partial charge in [0.15, 0.2) is 0 Å². The quantitative estimate of drug-likeness (QED) is 0.789. The number of rotatable bonds is 5. The van der Waals surface area contributed by atoms with Gasteiger partial charge < -0.3 is 15.0 Å². The fourth-order valence-electron chi connectivity index (χ4n) is 1.47. The molecule has 4 nitrogen and oxygen atoms in total. The van der Waals surface area contributed by atoms with E-state index in [0.29, 0.717) is 0 Å². The molecule has 0 radical (unpaired) electrons. The highest BCUT2D eigenvalue weighted by Gasteiger charge is 2.19. The van der Waals surface area contributed by atoms with Gasteiger partial charge in [0.05, 0.1) is 12.6 Å². The Kier molecular flexibility index (Phi) is 4.55. The molecule has 1 heterocycles. The zero-order valence-corrected chi connectivity index (χ0v) is 10.1. The van der Waals surface area contributed by atoms with Gasteiger partial charge in [-0.25, -0.2) is 0 Å². The van der Waals surface area contributed by atoms with Crippen LogP contribution in [0.4, 0.5) is 0 Å². The first kappa shape index (κ1) is 12.8. The predicted octanol–water partition coefficient (Wildman–Crippen LogP) is 1.18. The summed E-state index contributed by atoms with van der Waals surface area (Å²) in [5, 5.41) is 12.0. The van der Waals surface area contributed by atoms with E-state index in [1.54, 1.807) is 0 Å². The molecule has 90 valence electrons. The van der Waals surface area contributed by atoms with Crippen LogP contribution in [0.15, 0.2) is 24.5 Å². The Morgan fingerprint density at radius 2 is 1.88 bits per heavy atom. The molecule has 1 amide bonds. The molecular formula is C12H20N2O2. The molecule has 2 atom stereocenters. The number of amides is 1. The number of hydrogen-bond donors (Lipinski definition) is 2. The summed E-state index contributed by atoms with van der Waals surface area (Å²) < 4.78 is 1.84. The van der Waals surface area contributed by atoms with Gasteiger partial charge in [-0.05, 0) is 25.0 Å². The van der Waals surface area contributed by atoms with Crippen molar-refractivity contribution in [1.29, 1.82) is 0 Å². The molecule has 0 spiro atoms. The summed E-state index contributed by atoms with van der Waals surface area (Å²) in [6, 6.07) is 3.35. The molecular weight excluding hydrogens is 204 g/mol. The van der Waals surface area contributed by atoms with Crippen molar-refractivity contribution >= 4 is 5.91 Å². The van der Waals surface area contributed by atoms with Crippen LogP contribution >= 0.6 is 0 Å². The van der Waals surface area contributed by atoms with Gasteiger partial charge in [0.1, 0.15) is 6.04 Å². The molecule has 0 saturated carbocycles. The molecule has 1 aromatic rings. The maximum atomic E-state index is 11.9. The lowest BCUT2D eigenvalue weighted by molar-refractivity contribution is -0.125. The van der Waals surface area contributed by atoms with Crippen molar-refractivity contribution in [2.24, 2.45) is 5.92 Å². The van der Waals surface area contributed by atoms with E-state index >= 15 is 0 Å². The smallest absolute Gasteiger partial charge is 0.243 e. The summed E-state index contributed by atoms with van der Waals surface area (Å²) >= 11 is 0. The average Bonchev–Trinajstić information content (AvgIpc) is 2.77. The van der Waals surface area contributed by atoms with Crippen LogP contribution in [0.5, 0.6) is 0 Å². The van der Waals surface area contributed by atoms with Gasteiger partial charge in [-0.2, -0.15) is 0 Å². The van der Waals surface area contributed by atoms with Crippen LogP contribution in [0, 0.1) is 5.92 Å². The zero-order valence-electron chi connectivity index (χ0n) is 10.1. The SMILES string of the molecule is CC(C)[C@@H](CO)NC(=O)[C@H](C)n1cccc1. The van der Waals surface area contributed by atoms with Crippen molar-refractivity contribution in [3.8, 4) is 0 Å². The number of aromatic nitrogens is 1. The van der Waals surface area contributed by atoms with E-state index in [-0.39, 0.29) is 30.5 Å². The first-order valence-corrected chi connectivity index (χ1v) is 5.60. The minimum Gasteiger partial charge on any atom is -0.394 e. The van der Waals surface area contributed by atoms with E-state index in [1.165, 1.54) is 0 Å². The molecule has 1 rings (SSSR count). The highest BCUT2D eigenvalue weighted by molar-refractivity contribution is 5.80. The highest BCUT2D eigenvalue weighted by Crippen LogP contribution is 2.08. The topological polar surface area (TPSA) is 54.3 Å². The predicted molar refractivity (Wildman–Crippen MR) is 63.0 cm³/mol. The highest BCUT2D eigenvalue weighted by atomic mass is 16.3. The summed E-state index contributed by atoms with van der Waals surface area (Å²) in [4.78, 5) is 11.9. The largest absolute Gasteiger partial charge is 0.394 e. The molecule has 0 unspecified atom stereocenters. The second kappa shape index (κ2) is 5.70. The third-order valence-electron chi connectivity index (χ3n) is 2.78. The number of aliphatic hydroxyl groups is 1. The molecule has 1 aromatic heterocycles. The Balaban J connectivity index is 2.58. The minimum atomic E-state index is -0.247. The minimum absolute atomic E-state index is 0.0260. The van der Waals surface area contributed by atoms with Crippen LogP contribution in [0.25, 0.3) is 0 Å². The molecule has 0 aromatic carbocycles. The molecule has 0 aliphatic carbocycles. The Morgan fingerprint density at radius 1 is 1.31 bits per heavy atom. The average molecular weight is 224 g/mol. The fourth-order valence-corrected chi connectivity index (χ4v) is 1.47. The normalized spacial score (nSPS) is 14.8. The van der Waals surface area contributed by atoms with Crippen LogP contribution in [0.2, 0.25) is 0 Å². The van der Waals surface area contributed by atoms with Crippen LogP contribution in [-0.2, 0) is 4.79 Å². The monoisotopic (exact) mass is 224 g/mol. The van der Waals surface area contributed by atoms with Crippen LogP contribution in [-0.4, -0.2) is 28.2 Å². The molecule has 0 saturated heterocycles. The first-order chi connectivity index (χ1) is 7.56. The van der Waals surface area contributed by atoms with Gasteiger partial charge in [0.2, 0.25) is 5.91 Å². The maximum Gasteiger partial charge on any atom is 0.243 e. The number of nitrogens with one attached hydrogen (secondary N) is 1. The summed E-state index contributed by atoms with van der Waals surface area (Å²) in [5.74, 6) is 0.162. The lowest BCUT2D eigenvalue weighted by atomic mass is 10.1. The van der Waals surface area contributed by atoms with E-state index in [2.05, 4.69) is 5.32 Å². The van der Waals surface area contributed by atoms with Gasteiger partial charge >= 0.3 is 0 Å².